The normalized spacial score (nSPS) is 23.3. The Bertz CT molecular complexity index is 715. The standard InChI is InChI=1S/C11H9NO4S2/c13-10-8(4-3-7-12-10)18(15,16)11(14)6-2-1-5-9(11)17/h1-7,14H,(H,12,13). The number of sulfone groups is 1. The van der Waals surface area contributed by atoms with E-state index < -0.39 is 25.2 Å². The summed E-state index contributed by atoms with van der Waals surface area (Å²) in [6.45, 7) is 0. The molecule has 0 radical (unpaired) electrons. The predicted molar refractivity (Wildman–Crippen MR) is 70.1 cm³/mol. The number of nitrogens with one attached hydrogen (secondary N) is 1. The van der Waals surface area contributed by atoms with E-state index >= 15 is 0 Å². The average molecular weight is 283 g/mol. The van der Waals surface area contributed by atoms with Crippen LogP contribution in [0.5, 0.6) is 0 Å². The van der Waals surface area contributed by atoms with Crippen molar-refractivity contribution in [2.45, 2.75) is 9.83 Å². The zero-order valence-corrected chi connectivity index (χ0v) is 10.7. The Balaban J connectivity index is 2.68. The van der Waals surface area contributed by atoms with E-state index in [1.807, 2.05) is 0 Å². The van der Waals surface area contributed by atoms with Gasteiger partial charge in [-0.1, -0.05) is 24.4 Å². The summed E-state index contributed by atoms with van der Waals surface area (Å²) in [5.41, 5.74) is -0.795. The van der Waals surface area contributed by atoms with Gasteiger partial charge in [0, 0.05) is 6.20 Å². The molecule has 0 spiro atoms. The number of hydrogen-bond donors (Lipinski definition) is 2. The van der Waals surface area contributed by atoms with Crippen LogP contribution in [0.3, 0.4) is 0 Å². The molecule has 1 aromatic rings. The van der Waals surface area contributed by atoms with E-state index in [4.69, 9.17) is 12.2 Å². The van der Waals surface area contributed by atoms with Crippen molar-refractivity contribution in [2.24, 2.45) is 0 Å². The van der Waals surface area contributed by atoms with Crippen molar-refractivity contribution < 1.29 is 13.5 Å². The molecule has 1 unspecified atom stereocenters. The predicted octanol–water partition coefficient (Wildman–Crippen LogP) is 0.333. The maximum atomic E-state index is 12.3. The number of rotatable bonds is 2. The molecular formula is C11H9NO4S2. The fourth-order valence-electron chi connectivity index (χ4n) is 1.54. The highest BCUT2D eigenvalue weighted by Crippen LogP contribution is 2.27. The van der Waals surface area contributed by atoms with Crippen LogP contribution >= 0.6 is 12.2 Å². The van der Waals surface area contributed by atoms with Gasteiger partial charge in [-0.15, -0.1) is 0 Å². The van der Waals surface area contributed by atoms with Gasteiger partial charge in [-0.2, -0.15) is 0 Å². The zero-order valence-electron chi connectivity index (χ0n) is 9.03. The first-order valence-corrected chi connectivity index (χ1v) is 6.84. The Morgan fingerprint density at radius 3 is 2.67 bits per heavy atom. The van der Waals surface area contributed by atoms with Crippen LogP contribution in [0.25, 0.3) is 0 Å². The number of thiocarbonyl (C=S) groups is 1. The molecular weight excluding hydrogens is 274 g/mol. The minimum Gasteiger partial charge on any atom is -0.367 e. The van der Waals surface area contributed by atoms with Gasteiger partial charge in [-0.3, -0.25) is 4.79 Å². The Labute approximate surface area is 108 Å². The maximum absolute atomic E-state index is 12.3. The molecule has 0 saturated heterocycles. The molecule has 5 nitrogen and oxygen atoms in total. The number of pyridine rings is 1. The minimum absolute atomic E-state index is 0.173. The van der Waals surface area contributed by atoms with Crippen LogP contribution in [-0.2, 0) is 9.84 Å². The van der Waals surface area contributed by atoms with E-state index in [0.717, 1.165) is 12.1 Å². The summed E-state index contributed by atoms with van der Waals surface area (Å²) in [7, 11) is -4.31. The zero-order chi connectivity index (χ0) is 13.4. The Hall–Kier alpha value is -1.57. The van der Waals surface area contributed by atoms with Gasteiger partial charge < -0.3 is 10.1 Å². The lowest BCUT2D eigenvalue weighted by Gasteiger charge is -2.25. The lowest BCUT2D eigenvalue weighted by atomic mass is 10.1. The Kier molecular flexibility index (Phi) is 3.05. The summed E-state index contributed by atoms with van der Waals surface area (Å²) in [6, 6.07) is 2.49. The van der Waals surface area contributed by atoms with Gasteiger partial charge in [0.15, 0.2) is 0 Å². The van der Waals surface area contributed by atoms with Crippen LogP contribution in [-0.4, -0.2) is 28.3 Å². The quantitative estimate of drug-likeness (QED) is 0.764. The lowest BCUT2D eigenvalue weighted by Crippen LogP contribution is -2.45. The molecule has 2 N–H and O–H groups in total. The second kappa shape index (κ2) is 4.27. The molecule has 94 valence electrons. The van der Waals surface area contributed by atoms with Gasteiger partial charge in [0.05, 0.1) is 4.86 Å². The highest BCUT2D eigenvalue weighted by molar-refractivity contribution is 7.95. The number of aromatic nitrogens is 1. The van der Waals surface area contributed by atoms with E-state index in [-0.39, 0.29) is 4.86 Å². The first-order chi connectivity index (χ1) is 8.39. The molecule has 1 atom stereocenters. The third-order valence-corrected chi connectivity index (χ3v) is 5.17. The third kappa shape index (κ3) is 1.76. The van der Waals surface area contributed by atoms with Gasteiger partial charge in [0.25, 0.3) is 5.56 Å². The highest BCUT2D eigenvalue weighted by Gasteiger charge is 2.45. The first kappa shape index (κ1) is 12.9. The monoisotopic (exact) mass is 283 g/mol. The van der Waals surface area contributed by atoms with E-state index in [9.17, 15) is 18.3 Å². The van der Waals surface area contributed by atoms with Gasteiger partial charge in [0.2, 0.25) is 14.8 Å². The van der Waals surface area contributed by atoms with E-state index in [1.165, 1.54) is 30.5 Å². The first-order valence-electron chi connectivity index (χ1n) is 4.94. The van der Waals surface area contributed by atoms with Crippen molar-refractivity contribution in [3.8, 4) is 0 Å². The summed E-state index contributed by atoms with van der Waals surface area (Å²) in [5, 5.41) is 10.2. The van der Waals surface area contributed by atoms with Gasteiger partial charge in [-0.05, 0) is 24.3 Å². The van der Waals surface area contributed by atoms with Crippen molar-refractivity contribution in [2.75, 3.05) is 0 Å². The van der Waals surface area contributed by atoms with E-state index in [2.05, 4.69) is 4.98 Å². The molecule has 1 aromatic heterocycles. The molecule has 0 fully saturated rings. The maximum Gasteiger partial charge on any atom is 0.266 e. The molecule has 2 rings (SSSR count). The summed E-state index contributed by atoms with van der Waals surface area (Å²) in [4.78, 5) is 10.7. The molecule has 0 amide bonds. The van der Waals surface area contributed by atoms with Crippen LogP contribution in [0, 0.1) is 0 Å². The summed E-state index contributed by atoms with van der Waals surface area (Å²) < 4.78 is 24.6. The average Bonchev–Trinajstić information content (AvgIpc) is 2.33. The van der Waals surface area contributed by atoms with Gasteiger partial charge >= 0.3 is 0 Å². The summed E-state index contributed by atoms with van der Waals surface area (Å²) in [5.74, 6) is 0. The Morgan fingerprint density at radius 2 is 2.06 bits per heavy atom. The molecule has 0 aromatic carbocycles. The van der Waals surface area contributed by atoms with Crippen molar-refractivity contribution >= 4 is 26.9 Å². The van der Waals surface area contributed by atoms with Gasteiger partial charge in [-0.25, -0.2) is 8.42 Å². The van der Waals surface area contributed by atoms with Crippen LogP contribution in [0.15, 0.2) is 52.3 Å². The SMILES string of the molecule is O=c1[nH]cccc1S(=O)(=O)C1(O)C=CC=CC1=S. The summed E-state index contributed by atoms with van der Waals surface area (Å²) in [6.07, 6.45) is 6.55. The van der Waals surface area contributed by atoms with Crippen molar-refractivity contribution in [3.63, 3.8) is 0 Å². The van der Waals surface area contributed by atoms with Crippen LogP contribution in [0.4, 0.5) is 0 Å². The molecule has 0 aliphatic heterocycles. The number of aliphatic hydroxyl groups is 1. The fraction of sp³-hybridized carbons (Fsp3) is 0.0909. The van der Waals surface area contributed by atoms with Crippen molar-refractivity contribution in [3.05, 3.63) is 53.0 Å². The number of aromatic amines is 1. The third-order valence-electron chi connectivity index (χ3n) is 2.52. The summed E-state index contributed by atoms with van der Waals surface area (Å²) >= 11 is 4.85. The second-order valence-corrected chi connectivity index (χ2v) is 6.15. The highest BCUT2D eigenvalue weighted by atomic mass is 32.2. The fourth-order valence-corrected chi connectivity index (χ4v) is 3.50. The molecule has 0 bridgehead atoms. The lowest BCUT2D eigenvalue weighted by molar-refractivity contribution is 0.244. The minimum atomic E-state index is -4.31. The molecule has 18 heavy (non-hydrogen) atoms. The number of hydrogen-bond acceptors (Lipinski definition) is 5. The van der Waals surface area contributed by atoms with Crippen LogP contribution in [0.2, 0.25) is 0 Å². The number of H-pyrrole nitrogens is 1. The van der Waals surface area contributed by atoms with Crippen LogP contribution in [0.1, 0.15) is 0 Å². The van der Waals surface area contributed by atoms with E-state index in [0.29, 0.717) is 0 Å². The molecule has 0 saturated carbocycles. The van der Waals surface area contributed by atoms with E-state index in [1.54, 1.807) is 0 Å². The van der Waals surface area contributed by atoms with Crippen LogP contribution < -0.4 is 5.56 Å². The molecule has 7 heteroatoms. The van der Waals surface area contributed by atoms with Gasteiger partial charge in [0.1, 0.15) is 4.90 Å². The molecule has 1 heterocycles. The Morgan fingerprint density at radius 1 is 1.33 bits per heavy atom. The largest absolute Gasteiger partial charge is 0.367 e. The number of allylic oxidation sites excluding steroid dienone is 2. The molecule has 1 aliphatic carbocycles. The smallest absolute Gasteiger partial charge is 0.266 e. The molecule has 1 aliphatic rings. The topological polar surface area (TPSA) is 87.2 Å². The second-order valence-electron chi connectivity index (χ2n) is 3.65. The van der Waals surface area contributed by atoms with Crippen molar-refractivity contribution in [1.82, 2.24) is 4.98 Å². The van der Waals surface area contributed by atoms with Crippen molar-refractivity contribution in [1.29, 1.82) is 0 Å².